The molecule has 1 saturated carbocycles. The minimum atomic E-state index is 0.496. The van der Waals surface area contributed by atoms with Gasteiger partial charge in [-0.1, -0.05) is 20.8 Å². The van der Waals surface area contributed by atoms with Gasteiger partial charge in [-0.3, -0.25) is 4.90 Å². The van der Waals surface area contributed by atoms with Crippen LogP contribution in [0.1, 0.15) is 51.4 Å². The molecule has 108 valence electrons. The summed E-state index contributed by atoms with van der Waals surface area (Å²) in [6, 6.07) is 2.63. The van der Waals surface area contributed by atoms with E-state index in [1.54, 1.807) is 0 Å². The summed E-state index contributed by atoms with van der Waals surface area (Å²) in [6.45, 7) is 10.9. The van der Waals surface area contributed by atoms with Gasteiger partial charge in [-0.25, -0.2) is 0 Å². The average molecular weight is 264 g/mol. The highest BCUT2D eigenvalue weighted by Crippen LogP contribution is 2.30. The highest BCUT2D eigenvalue weighted by Gasteiger charge is 2.24. The van der Waals surface area contributed by atoms with E-state index >= 15 is 0 Å². The van der Waals surface area contributed by atoms with Crippen molar-refractivity contribution in [1.29, 1.82) is 0 Å². The molecule has 1 fully saturated rings. The van der Waals surface area contributed by atoms with Gasteiger partial charge in [0, 0.05) is 24.7 Å². The maximum atomic E-state index is 5.63. The zero-order valence-electron chi connectivity index (χ0n) is 12.6. The van der Waals surface area contributed by atoms with Crippen LogP contribution in [0.25, 0.3) is 0 Å². The van der Waals surface area contributed by atoms with Crippen molar-refractivity contribution in [1.82, 2.24) is 10.2 Å². The number of rotatable bonds is 9. The van der Waals surface area contributed by atoms with Gasteiger partial charge < -0.3 is 9.73 Å². The van der Waals surface area contributed by atoms with Gasteiger partial charge in [0.2, 0.25) is 0 Å². The second-order valence-corrected chi connectivity index (χ2v) is 6.08. The van der Waals surface area contributed by atoms with Crippen molar-refractivity contribution < 1.29 is 4.42 Å². The maximum absolute atomic E-state index is 5.63. The lowest BCUT2D eigenvalue weighted by Crippen LogP contribution is -2.27. The standard InChI is InChI=1S/C16H28N2O/c1-4-8-18(11-14-5-6-14)12-15-7-9-19-16(15)10-17-13(2)3/h7,9,13-14,17H,4-6,8,10-12H2,1-3H3. The van der Waals surface area contributed by atoms with Gasteiger partial charge in [0.05, 0.1) is 12.8 Å². The predicted molar refractivity (Wildman–Crippen MR) is 79.0 cm³/mol. The minimum absolute atomic E-state index is 0.496. The molecule has 0 spiro atoms. The topological polar surface area (TPSA) is 28.4 Å². The van der Waals surface area contributed by atoms with Crippen LogP contribution in [0.15, 0.2) is 16.7 Å². The van der Waals surface area contributed by atoms with E-state index in [9.17, 15) is 0 Å². The second kappa shape index (κ2) is 7.11. The molecule has 0 aliphatic heterocycles. The van der Waals surface area contributed by atoms with Crippen molar-refractivity contribution in [2.24, 2.45) is 5.92 Å². The Morgan fingerprint density at radius 2 is 2.21 bits per heavy atom. The van der Waals surface area contributed by atoms with Crippen LogP contribution in [0, 0.1) is 5.92 Å². The first-order valence-electron chi connectivity index (χ1n) is 7.70. The molecule has 1 N–H and O–H groups in total. The van der Waals surface area contributed by atoms with Gasteiger partial charge in [0.1, 0.15) is 5.76 Å². The number of furan rings is 1. The molecule has 0 atom stereocenters. The Morgan fingerprint density at radius 1 is 1.42 bits per heavy atom. The van der Waals surface area contributed by atoms with Crippen molar-refractivity contribution in [3.8, 4) is 0 Å². The Hall–Kier alpha value is -0.800. The van der Waals surface area contributed by atoms with Crippen molar-refractivity contribution >= 4 is 0 Å². The molecule has 0 bridgehead atoms. The average Bonchev–Trinajstić information content (AvgIpc) is 3.05. The quantitative estimate of drug-likeness (QED) is 0.741. The minimum Gasteiger partial charge on any atom is -0.468 e. The molecule has 1 aromatic heterocycles. The Labute approximate surface area is 117 Å². The molecule has 3 nitrogen and oxygen atoms in total. The summed E-state index contributed by atoms with van der Waals surface area (Å²) in [5, 5.41) is 3.43. The summed E-state index contributed by atoms with van der Waals surface area (Å²) in [6.07, 6.45) is 5.90. The Balaban J connectivity index is 1.89. The molecule has 1 heterocycles. The number of hydrogen-bond donors (Lipinski definition) is 1. The molecule has 19 heavy (non-hydrogen) atoms. The van der Waals surface area contributed by atoms with Gasteiger partial charge in [-0.2, -0.15) is 0 Å². The van der Waals surface area contributed by atoms with E-state index in [1.165, 1.54) is 37.9 Å². The van der Waals surface area contributed by atoms with Crippen LogP contribution in [0.4, 0.5) is 0 Å². The smallest absolute Gasteiger partial charge is 0.122 e. The summed E-state index contributed by atoms with van der Waals surface area (Å²) in [7, 11) is 0. The highest BCUT2D eigenvalue weighted by atomic mass is 16.3. The van der Waals surface area contributed by atoms with Crippen LogP contribution in [0.5, 0.6) is 0 Å². The first-order chi connectivity index (χ1) is 9.19. The number of nitrogens with one attached hydrogen (secondary N) is 1. The molecule has 0 unspecified atom stereocenters. The van der Waals surface area contributed by atoms with Crippen LogP contribution in [-0.2, 0) is 13.1 Å². The van der Waals surface area contributed by atoms with Crippen molar-refractivity contribution in [3.63, 3.8) is 0 Å². The Morgan fingerprint density at radius 3 is 2.84 bits per heavy atom. The molecular formula is C16H28N2O. The summed E-state index contributed by atoms with van der Waals surface area (Å²) >= 11 is 0. The lowest BCUT2D eigenvalue weighted by Gasteiger charge is -2.21. The Bertz CT molecular complexity index is 369. The zero-order valence-corrected chi connectivity index (χ0v) is 12.6. The van der Waals surface area contributed by atoms with E-state index in [0.717, 1.165) is 24.8 Å². The van der Waals surface area contributed by atoms with Crippen molar-refractivity contribution in [2.75, 3.05) is 13.1 Å². The third kappa shape index (κ3) is 5.00. The van der Waals surface area contributed by atoms with E-state index in [-0.39, 0.29) is 0 Å². The lowest BCUT2D eigenvalue weighted by atomic mass is 10.2. The van der Waals surface area contributed by atoms with E-state index in [4.69, 9.17) is 4.42 Å². The fraction of sp³-hybridized carbons (Fsp3) is 0.750. The van der Waals surface area contributed by atoms with Crippen LogP contribution >= 0.6 is 0 Å². The molecule has 0 radical (unpaired) electrons. The zero-order chi connectivity index (χ0) is 13.7. The number of hydrogen-bond acceptors (Lipinski definition) is 3. The van der Waals surface area contributed by atoms with Crippen LogP contribution in [0.3, 0.4) is 0 Å². The largest absolute Gasteiger partial charge is 0.468 e. The van der Waals surface area contributed by atoms with Gasteiger partial charge in [-0.05, 0) is 37.8 Å². The molecule has 0 saturated heterocycles. The first-order valence-corrected chi connectivity index (χ1v) is 7.70. The second-order valence-electron chi connectivity index (χ2n) is 6.08. The normalized spacial score (nSPS) is 15.6. The molecule has 0 aromatic carbocycles. The van der Waals surface area contributed by atoms with E-state index in [0.29, 0.717) is 6.04 Å². The number of nitrogens with zero attached hydrogens (tertiary/aromatic N) is 1. The molecule has 1 aliphatic carbocycles. The monoisotopic (exact) mass is 264 g/mol. The SMILES string of the molecule is CCCN(Cc1ccoc1CNC(C)C)CC1CC1. The van der Waals surface area contributed by atoms with Crippen molar-refractivity contribution in [2.45, 2.75) is 59.2 Å². The fourth-order valence-corrected chi connectivity index (χ4v) is 2.42. The molecular weight excluding hydrogens is 236 g/mol. The molecule has 2 rings (SSSR count). The van der Waals surface area contributed by atoms with E-state index < -0.39 is 0 Å². The molecule has 1 aromatic rings. The summed E-state index contributed by atoms with van der Waals surface area (Å²) < 4.78 is 5.63. The lowest BCUT2D eigenvalue weighted by molar-refractivity contribution is 0.252. The van der Waals surface area contributed by atoms with Crippen LogP contribution < -0.4 is 5.32 Å². The highest BCUT2D eigenvalue weighted by molar-refractivity contribution is 5.17. The summed E-state index contributed by atoms with van der Waals surface area (Å²) in [5.74, 6) is 2.06. The van der Waals surface area contributed by atoms with Gasteiger partial charge in [0.15, 0.2) is 0 Å². The van der Waals surface area contributed by atoms with Gasteiger partial charge in [-0.15, -0.1) is 0 Å². The summed E-state index contributed by atoms with van der Waals surface area (Å²) in [4.78, 5) is 2.58. The third-order valence-corrected chi connectivity index (χ3v) is 3.66. The maximum Gasteiger partial charge on any atom is 0.122 e. The predicted octanol–water partition coefficient (Wildman–Crippen LogP) is 3.40. The Kier molecular flexibility index (Phi) is 5.46. The van der Waals surface area contributed by atoms with E-state index in [1.807, 2.05) is 6.26 Å². The van der Waals surface area contributed by atoms with Gasteiger partial charge in [0.25, 0.3) is 0 Å². The molecule has 1 aliphatic rings. The van der Waals surface area contributed by atoms with Gasteiger partial charge >= 0.3 is 0 Å². The first kappa shape index (κ1) is 14.6. The molecule has 3 heteroatoms. The van der Waals surface area contributed by atoms with Crippen molar-refractivity contribution in [3.05, 3.63) is 23.7 Å². The van der Waals surface area contributed by atoms with Crippen LogP contribution in [-0.4, -0.2) is 24.0 Å². The summed E-state index contributed by atoms with van der Waals surface area (Å²) in [5.41, 5.74) is 1.35. The van der Waals surface area contributed by atoms with Crippen LogP contribution in [0.2, 0.25) is 0 Å². The fourth-order valence-electron chi connectivity index (χ4n) is 2.42. The molecule has 0 amide bonds. The van der Waals surface area contributed by atoms with E-state index in [2.05, 4.69) is 37.1 Å². The third-order valence-electron chi connectivity index (χ3n) is 3.66.